The zero-order valence-electron chi connectivity index (χ0n) is 30.3. The molecule has 10 aromatic rings. The molecule has 4 heteroatoms. The topological polar surface area (TPSA) is 51.8 Å². The molecule has 1 aliphatic rings. The van der Waals surface area contributed by atoms with Crippen molar-refractivity contribution < 1.29 is 4.42 Å². The van der Waals surface area contributed by atoms with Crippen molar-refractivity contribution in [1.29, 1.82) is 0 Å². The molecule has 1 aliphatic carbocycles. The number of furan rings is 1. The maximum atomic E-state index is 6.53. The van der Waals surface area contributed by atoms with Gasteiger partial charge >= 0.3 is 0 Å². The van der Waals surface area contributed by atoms with Crippen LogP contribution in [-0.4, -0.2) is 15.0 Å². The van der Waals surface area contributed by atoms with Crippen LogP contribution in [-0.2, 0) is 5.41 Å². The molecule has 0 N–H and O–H groups in total. The number of fused-ring (bicyclic) bond motifs is 6. The van der Waals surface area contributed by atoms with Crippen molar-refractivity contribution >= 4 is 21.9 Å². The molecule has 0 amide bonds. The van der Waals surface area contributed by atoms with Crippen molar-refractivity contribution in [2.24, 2.45) is 0 Å². The lowest BCUT2D eigenvalue weighted by Crippen LogP contribution is -2.28. The van der Waals surface area contributed by atoms with E-state index in [9.17, 15) is 0 Å². The van der Waals surface area contributed by atoms with Gasteiger partial charge in [-0.2, -0.15) is 0 Å². The Morgan fingerprint density at radius 3 is 1.46 bits per heavy atom. The van der Waals surface area contributed by atoms with E-state index in [0.29, 0.717) is 17.5 Å². The lowest BCUT2D eigenvalue weighted by molar-refractivity contribution is 0.669. The molecule has 11 rings (SSSR count). The van der Waals surface area contributed by atoms with Gasteiger partial charge in [0.2, 0.25) is 0 Å². The number of hydrogen-bond donors (Lipinski definition) is 0. The first-order valence-corrected chi connectivity index (χ1v) is 18.9. The molecule has 0 aliphatic heterocycles. The summed E-state index contributed by atoms with van der Waals surface area (Å²) in [4.78, 5) is 14.8. The zero-order chi connectivity index (χ0) is 37.1. The van der Waals surface area contributed by atoms with Crippen molar-refractivity contribution in [3.63, 3.8) is 0 Å². The van der Waals surface area contributed by atoms with Gasteiger partial charge in [-0.15, -0.1) is 0 Å². The standard InChI is InChI=1S/C52H33N3O/c1-5-15-34(16-6-1)49-53-50(35-17-7-2-8-18-35)55-51(54-49)38-26-29-43-44-31-36(27-30-47(44)56-48(43)33-38)37-25-28-42-41-23-13-14-24-45(41)52(46(42)32-37,39-19-9-3-10-20-39)40-21-11-4-12-22-40/h1-33H. The minimum absolute atomic E-state index is 0.455. The van der Waals surface area contributed by atoms with Crippen molar-refractivity contribution in [2.45, 2.75) is 5.41 Å². The van der Waals surface area contributed by atoms with Crippen LogP contribution in [0.1, 0.15) is 22.3 Å². The fraction of sp³-hybridized carbons (Fsp3) is 0.0192. The second kappa shape index (κ2) is 12.9. The predicted molar refractivity (Wildman–Crippen MR) is 226 cm³/mol. The van der Waals surface area contributed by atoms with Crippen LogP contribution in [0.4, 0.5) is 0 Å². The van der Waals surface area contributed by atoms with Gasteiger partial charge in [0.05, 0.1) is 5.41 Å². The van der Waals surface area contributed by atoms with Crippen LogP contribution < -0.4 is 0 Å². The average molecular weight is 716 g/mol. The molecular weight excluding hydrogens is 683 g/mol. The third kappa shape index (κ3) is 5.04. The van der Waals surface area contributed by atoms with Gasteiger partial charge in [-0.3, -0.25) is 0 Å². The lowest BCUT2D eigenvalue weighted by Gasteiger charge is -2.34. The Hall–Kier alpha value is -7.43. The Morgan fingerprint density at radius 2 is 0.821 bits per heavy atom. The van der Waals surface area contributed by atoms with Gasteiger partial charge in [-0.25, -0.2) is 15.0 Å². The first-order chi connectivity index (χ1) is 27.7. The summed E-state index contributed by atoms with van der Waals surface area (Å²) in [6.45, 7) is 0. The molecular formula is C52H33N3O. The number of nitrogens with zero attached hydrogens (tertiary/aromatic N) is 3. The summed E-state index contributed by atoms with van der Waals surface area (Å²) in [6.07, 6.45) is 0. The van der Waals surface area contributed by atoms with Gasteiger partial charge in [-0.05, 0) is 74.8 Å². The fourth-order valence-corrected chi connectivity index (χ4v) is 8.66. The van der Waals surface area contributed by atoms with E-state index in [2.05, 4.69) is 140 Å². The maximum Gasteiger partial charge on any atom is 0.164 e. The first kappa shape index (κ1) is 32.0. The Morgan fingerprint density at radius 1 is 0.321 bits per heavy atom. The monoisotopic (exact) mass is 715 g/mol. The highest BCUT2D eigenvalue weighted by Gasteiger charge is 2.46. The number of rotatable bonds is 6. The van der Waals surface area contributed by atoms with Gasteiger partial charge in [0.25, 0.3) is 0 Å². The van der Waals surface area contributed by atoms with E-state index in [-0.39, 0.29) is 0 Å². The summed E-state index contributed by atoms with van der Waals surface area (Å²) in [6, 6.07) is 70.6. The summed E-state index contributed by atoms with van der Waals surface area (Å²) in [5.41, 5.74) is 13.9. The van der Waals surface area contributed by atoms with Crippen LogP contribution in [0.5, 0.6) is 0 Å². The molecule has 0 unspecified atom stereocenters. The van der Waals surface area contributed by atoms with E-state index < -0.39 is 5.41 Å². The van der Waals surface area contributed by atoms with E-state index in [1.165, 1.54) is 33.4 Å². The molecule has 0 radical (unpaired) electrons. The van der Waals surface area contributed by atoms with Crippen LogP contribution >= 0.6 is 0 Å². The Balaban J connectivity index is 1.04. The highest BCUT2D eigenvalue weighted by Crippen LogP contribution is 2.56. The van der Waals surface area contributed by atoms with Crippen LogP contribution in [0.3, 0.4) is 0 Å². The SMILES string of the molecule is c1ccc(-c2nc(-c3ccccc3)nc(-c3ccc4c(c3)oc3ccc(-c5ccc6c(c5)C(c5ccccc5)(c5ccccc5)c5ccccc5-6)cc34)n2)cc1. The Labute approximate surface area is 324 Å². The van der Waals surface area contributed by atoms with Gasteiger partial charge in [0, 0.05) is 27.5 Å². The maximum absolute atomic E-state index is 6.53. The van der Waals surface area contributed by atoms with E-state index in [1.807, 2.05) is 60.7 Å². The van der Waals surface area contributed by atoms with Gasteiger partial charge < -0.3 is 4.42 Å². The second-order valence-corrected chi connectivity index (χ2v) is 14.4. The van der Waals surface area contributed by atoms with Crippen molar-refractivity contribution in [2.75, 3.05) is 0 Å². The third-order valence-electron chi connectivity index (χ3n) is 11.2. The highest BCUT2D eigenvalue weighted by molar-refractivity contribution is 6.07. The second-order valence-electron chi connectivity index (χ2n) is 14.4. The molecule has 0 spiro atoms. The summed E-state index contributed by atoms with van der Waals surface area (Å²) in [7, 11) is 0. The molecule has 8 aromatic carbocycles. The summed E-state index contributed by atoms with van der Waals surface area (Å²) in [5.74, 6) is 1.86. The summed E-state index contributed by atoms with van der Waals surface area (Å²) < 4.78 is 6.53. The van der Waals surface area contributed by atoms with Gasteiger partial charge in [-0.1, -0.05) is 170 Å². The lowest BCUT2D eigenvalue weighted by atomic mass is 9.67. The molecule has 4 nitrogen and oxygen atoms in total. The molecule has 0 atom stereocenters. The number of aromatic nitrogens is 3. The van der Waals surface area contributed by atoms with Crippen LogP contribution in [0.15, 0.2) is 205 Å². The Kier molecular flexibility index (Phi) is 7.36. The van der Waals surface area contributed by atoms with Crippen LogP contribution in [0.2, 0.25) is 0 Å². The highest BCUT2D eigenvalue weighted by atomic mass is 16.3. The zero-order valence-corrected chi connectivity index (χ0v) is 30.3. The fourth-order valence-electron chi connectivity index (χ4n) is 8.66. The van der Waals surface area contributed by atoms with Crippen molar-refractivity contribution in [3.8, 4) is 56.4 Å². The molecule has 2 aromatic heterocycles. The normalized spacial score (nSPS) is 12.8. The van der Waals surface area contributed by atoms with E-state index >= 15 is 0 Å². The number of hydrogen-bond acceptors (Lipinski definition) is 4. The molecule has 262 valence electrons. The minimum atomic E-state index is -0.455. The molecule has 0 saturated heterocycles. The van der Waals surface area contributed by atoms with E-state index in [1.54, 1.807) is 0 Å². The molecule has 0 fully saturated rings. The quantitative estimate of drug-likeness (QED) is 0.172. The molecule has 56 heavy (non-hydrogen) atoms. The smallest absolute Gasteiger partial charge is 0.164 e. The van der Waals surface area contributed by atoms with E-state index in [4.69, 9.17) is 19.4 Å². The average Bonchev–Trinajstić information content (AvgIpc) is 3.80. The number of benzene rings is 8. The molecule has 0 saturated carbocycles. The Bertz CT molecular complexity index is 2970. The molecule has 0 bridgehead atoms. The first-order valence-electron chi connectivity index (χ1n) is 18.9. The van der Waals surface area contributed by atoms with Gasteiger partial charge in [0.1, 0.15) is 11.2 Å². The third-order valence-corrected chi connectivity index (χ3v) is 11.2. The van der Waals surface area contributed by atoms with Crippen molar-refractivity contribution in [3.05, 3.63) is 222 Å². The predicted octanol–water partition coefficient (Wildman–Crippen LogP) is 12.8. The largest absolute Gasteiger partial charge is 0.456 e. The summed E-state index contributed by atoms with van der Waals surface area (Å²) in [5, 5.41) is 2.11. The van der Waals surface area contributed by atoms with Gasteiger partial charge in [0.15, 0.2) is 17.5 Å². The summed E-state index contributed by atoms with van der Waals surface area (Å²) >= 11 is 0. The minimum Gasteiger partial charge on any atom is -0.456 e. The van der Waals surface area contributed by atoms with Crippen molar-refractivity contribution in [1.82, 2.24) is 15.0 Å². The van der Waals surface area contributed by atoms with Crippen LogP contribution in [0.25, 0.3) is 78.4 Å². The van der Waals surface area contributed by atoms with Crippen LogP contribution in [0, 0.1) is 0 Å². The molecule has 2 heterocycles. The van der Waals surface area contributed by atoms with E-state index in [0.717, 1.165) is 49.8 Å².